The average Bonchev–Trinajstić information content (AvgIpc) is 3.08. The van der Waals surface area contributed by atoms with Gasteiger partial charge in [0, 0.05) is 38.5 Å². The van der Waals surface area contributed by atoms with E-state index >= 15 is 0 Å². The minimum atomic E-state index is -3.17. The summed E-state index contributed by atoms with van der Waals surface area (Å²) in [4.78, 5) is 18.9. The van der Waals surface area contributed by atoms with Crippen molar-refractivity contribution < 1.29 is 17.7 Å². The van der Waals surface area contributed by atoms with Crippen LogP contribution in [0.15, 0.2) is 34.9 Å². The third-order valence-electron chi connectivity index (χ3n) is 5.50. The van der Waals surface area contributed by atoms with Gasteiger partial charge < -0.3 is 9.42 Å². The molecule has 0 N–H and O–H groups in total. The molecule has 2 aliphatic rings. The first kappa shape index (κ1) is 19.1. The third kappa shape index (κ3) is 4.10. The number of piperidine rings is 1. The topological polar surface area (TPSA) is 96.6 Å². The van der Waals surface area contributed by atoms with Crippen molar-refractivity contribution in [1.29, 1.82) is 0 Å². The first-order valence-corrected chi connectivity index (χ1v) is 11.4. The second-order valence-corrected chi connectivity index (χ2v) is 9.57. The number of carbonyl (C=O) groups excluding carboxylic acids is 1. The number of hydrogen-bond acceptors (Lipinski definition) is 6. The molecule has 0 saturated carbocycles. The van der Waals surface area contributed by atoms with Gasteiger partial charge in [0.1, 0.15) is 0 Å². The highest BCUT2D eigenvalue weighted by atomic mass is 32.2. The Hall–Kier alpha value is -2.26. The summed E-state index contributed by atoms with van der Waals surface area (Å²) in [5, 5.41) is 4.05. The van der Waals surface area contributed by atoms with E-state index in [9.17, 15) is 13.2 Å². The first-order valence-electron chi connectivity index (χ1n) is 9.50. The van der Waals surface area contributed by atoms with Gasteiger partial charge in [-0.2, -0.15) is 4.98 Å². The number of likely N-dealkylation sites (tertiary alicyclic amines) is 1. The molecule has 28 heavy (non-hydrogen) atoms. The minimum absolute atomic E-state index is 0.0806. The van der Waals surface area contributed by atoms with Crippen LogP contribution in [0.2, 0.25) is 0 Å². The molecule has 3 heterocycles. The van der Waals surface area contributed by atoms with E-state index in [0.717, 1.165) is 5.56 Å². The highest BCUT2D eigenvalue weighted by molar-refractivity contribution is 7.88. The SMILES string of the molecule is CS(=O)(=O)N1CCC(C(=O)N2CC(c3nc(Cc4ccccc4)no3)C2)CC1. The summed E-state index contributed by atoms with van der Waals surface area (Å²) in [6, 6.07) is 9.97. The van der Waals surface area contributed by atoms with Crippen LogP contribution in [-0.4, -0.2) is 66.1 Å². The minimum Gasteiger partial charge on any atom is -0.341 e. The summed E-state index contributed by atoms with van der Waals surface area (Å²) in [6.45, 7) is 1.99. The summed E-state index contributed by atoms with van der Waals surface area (Å²) in [6.07, 6.45) is 2.99. The Morgan fingerprint density at radius 3 is 2.50 bits per heavy atom. The Kier molecular flexibility index (Phi) is 5.20. The highest BCUT2D eigenvalue weighted by Crippen LogP contribution is 2.30. The number of benzene rings is 1. The van der Waals surface area contributed by atoms with Crippen molar-refractivity contribution in [3.05, 3.63) is 47.6 Å². The zero-order chi connectivity index (χ0) is 19.7. The van der Waals surface area contributed by atoms with E-state index in [-0.39, 0.29) is 17.7 Å². The average molecular weight is 404 g/mol. The number of hydrogen-bond donors (Lipinski definition) is 0. The maximum absolute atomic E-state index is 12.7. The molecule has 2 aromatic rings. The molecule has 0 unspecified atom stereocenters. The van der Waals surface area contributed by atoms with Gasteiger partial charge in [-0.05, 0) is 18.4 Å². The molecule has 8 nitrogen and oxygen atoms in total. The summed E-state index contributed by atoms with van der Waals surface area (Å²) < 4.78 is 30.0. The molecule has 0 bridgehead atoms. The molecule has 1 aromatic carbocycles. The van der Waals surface area contributed by atoms with Crippen molar-refractivity contribution in [2.24, 2.45) is 5.92 Å². The quantitative estimate of drug-likeness (QED) is 0.744. The van der Waals surface area contributed by atoms with Gasteiger partial charge in [0.15, 0.2) is 5.82 Å². The first-order chi connectivity index (χ1) is 13.4. The lowest BCUT2D eigenvalue weighted by Gasteiger charge is -2.40. The van der Waals surface area contributed by atoms with Crippen molar-refractivity contribution in [2.45, 2.75) is 25.2 Å². The molecule has 2 saturated heterocycles. The molecule has 1 amide bonds. The lowest BCUT2D eigenvalue weighted by Crippen LogP contribution is -2.52. The summed E-state index contributed by atoms with van der Waals surface area (Å²) in [7, 11) is -3.17. The van der Waals surface area contributed by atoms with Crippen molar-refractivity contribution in [1.82, 2.24) is 19.3 Å². The standard InChI is InChI=1S/C19H24N4O4S/c1-28(25,26)23-9-7-15(8-10-23)19(24)22-12-16(13-22)18-20-17(21-27-18)11-14-5-3-2-4-6-14/h2-6,15-16H,7-13H2,1H3. The maximum Gasteiger partial charge on any atom is 0.233 e. The number of nitrogens with zero attached hydrogens (tertiary/aromatic N) is 4. The fourth-order valence-corrected chi connectivity index (χ4v) is 4.66. The fourth-order valence-electron chi connectivity index (χ4n) is 3.79. The molecule has 2 fully saturated rings. The van der Waals surface area contributed by atoms with E-state index < -0.39 is 10.0 Å². The molecule has 2 aliphatic heterocycles. The molecular formula is C19H24N4O4S. The molecule has 9 heteroatoms. The van der Waals surface area contributed by atoms with Gasteiger partial charge in [0.25, 0.3) is 0 Å². The molecule has 0 atom stereocenters. The molecule has 0 aliphatic carbocycles. The van der Waals surface area contributed by atoms with Crippen LogP contribution in [-0.2, 0) is 21.2 Å². The second kappa shape index (κ2) is 7.63. The van der Waals surface area contributed by atoms with E-state index in [1.54, 1.807) is 0 Å². The largest absolute Gasteiger partial charge is 0.341 e. The van der Waals surface area contributed by atoms with Gasteiger partial charge >= 0.3 is 0 Å². The number of aromatic nitrogens is 2. The van der Waals surface area contributed by atoms with Crippen LogP contribution < -0.4 is 0 Å². The summed E-state index contributed by atoms with van der Waals surface area (Å²) >= 11 is 0. The van der Waals surface area contributed by atoms with Gasteiger partial charge in [-0.25, -0.2) is 12.7 Å². The Morgan fingerprint density at radius 1 is 1.18 bits per heavy atom. The Morgan fingerprint density at radius 2 is 1.86 bits per heavy atom. The predicted octanol–water partition coefficient (Wildman–Crippen LogP) is 1.26. The molecule has 4 rings (SSSR count). The van der Waals surface area contributed by atoms with Crippen LogP contribution in [0.4, 0.5) is 0 Å². The maximum atomic E-state index is 12.7. The van der Waals surface area contributed by atoms with Crippen molar-refractivity contribution in [2.75, 3.05) is 32.4 Å². The molecule has 0 spiro atoms. The van der Waals surface area contributed by atoms with Crippen LogP contribution in [0.3, 0.4) is 0 Å². The van der Waals surface area contributed by atoms with Crippen LogP contribution in [0.25, 0.3) is 0 Å². The monoisotopic (exact) mass is 404 g/mol. The Bertz CT molecular complexity index is 930. The van der Waals surface area contributed by atoms with Crippen LogP contribution in [0.1, 0.15) is 36.0 Å². The number of sulfonamides is 1. The summed E-state index contributed by atoms with van der Waals surface area (Å²) in [5.41, 5.74) is 1.13. The van der Waals surface area contributed by atoms with E-state index in [1.165, 1.54) is 10.6 Å². The number of rotatable bonds is 5. The van der Waals surface area contributed by atoms with E-state index in [4.69, 9.17) is 4.52 Å². The van der Waals surface area contributed by atoms with Crippen LogP contribution in [0, 0.1) is 5.92 Å². The summed E-state index contributed by atoms with van der Waals surface area (Å²) in [5.74, 6) is 1.32. The van der Waals surface area contributed by atoms with E-state index in [2.05, 4.69) is 10.1 Å². The van der Waals surface area contributed by atoms with Gasteiger partial charge in [-0.3, -0.25) is 4.79 Å². The second-order valence-electron chi connectivity index (χ2n) is 7.59. The lowest BCUT2D eigenvalue weighted by atomic mass is 9.92. The van der Waals surface area contributed by atoms with Crippen molar-refractivity contribution in [3.63, 3.8) is 0 Å². The highest BCUT2D eigenvalue weighted by Gasteiger charge is 2.39. The van der Waals surface area contributed by atoms with Crippen LogP contribution >= 0.6 is 0 Å². The molecule has 0 radical (unpaired) electrons. The van der Waals surface area contributed by atoms with Gasteiger partial charge in [0.05, 0.1) is 12.2 Å². The van der Waals surface area contributed by atoms with Crippen LogP contribution in [0.5, 0.6) is 0 Å². The Labute approximate surface area is 164 Å². The number of carbonyl (C=O) groups is 1. The molecular weight excluding hydrogens is 380 g/mol. The van der Waals surface area contributed by atoms with Gasteiger partial charge in [-0.1, -0.05) is 35.5 Å². The van der Waals surface area contributed by atoms with Gasteiger partial charge in [0.2, 0.25) is 21.8 Å². The predicted molar refractivity (Wildman–Crippen MR) is 102 cm³/mol. The molecule has 1 aromatic heterocycles. The Balaban J connectivity index is 1.27. The van der Waals surface area contributed by atoms with Crippen molar-refractivity contribution >= 4 is 15.9 Å². The number of amides is 1. The van der Waals surface area contributed by atoms with Gasteiger partial charge in [-0.15, -0.1) is 0 Å². The normalized spacial score (nSPS) is 19.5. The lowest BCUT2D eigenvalue weighted by molar-refractivity contribution is -0.141. The van der Waals surface area contributed by atoms with Crippen molar-refractivity contribution in [3.8, 4) is 0 Å². The third-order valence-corrected chi connectivity index (χ3v) is 6.81. The molecule has 150 valence electrons. The van der Waals surface area contributed by atoms with E-state index in [1.807, 2.05) is 35.2 Å². The van der Waals surface area contributed by atoms with E-state index in [0.29, 0.717) is 57.2 Å². The zero-order valence-electron chi connectivity index (χ0n) is 15.8. The zero-order valence-corrected chi connectivity index (χ0v) is 16.6. The fraction of sp³-hybridized carbons (Fsp3) is 0.526. The smallest absolute Gasteiger partial charge is 0.233 e.